The van der Waals surface area contributed by atoms with Gasteiger partial charge < -0.3 is 20.5 Å². The van der Waals surface area contributed by atoms with E-state index in [-0.39, 0.29) is 18.7 Å². The van der Waals surface area contributed by atoms with Crippen molar-refractivity contribution < 1.29 is 29.2 Å². The molecule has 0 saturated carbocycles. The van der Waals surface area contributed by atoms with E-state index in [4.69, 9.17) is 4.74 Å². The topological polar surface area (TPSA) is 148 Å². The van der Waals surface area contributed by atoms with E-state index in [9.17, 15) is 29.6 Å². The molecular weight excluding hydrogens is 382 g/mol. The first kappa shape index (κ1) is 21.4. The van der Waals surface area contributed by atoms with E-state index in [0.29, 0.717) is 5.56 Å². The van der Waals surface area contributed by atoms with Crippen LogP contribution in [0.15, 0.2) is 54.6 Å². The summed E-state index contributed by atoms with van der Waals surface area (Å²) in [5.74, 6) is -1.99. The summed E-state index contributed by atoms with van der Waals surface area (Å²) in [6, 6.07) is 13.0. The second-order valence-corrected chi connectivity index (χ2v) is 6.00. The maximum absolute atomic E-state index is 11.9. The SMILES string of the molecule is O=C(CNC(=O)OCc1ccccc1)N[C@@H](Cc1ccc([N+](=O)[O-])cc1)C(=O)O. The van der Waals surface area contributed by atoms with Crippen LogP contribution < -0.4 is 10.6 Å². The number of alkyl carbamates (subject to hydrolysis) is 1. The number of carboxylic acids is 1. The summed E-state index contributed by atoms with van der Waals surface area (Å²) in [6.45, 7) is -0.427. The standard InChI is InChI=1S/C19H19N3O7/c23-17(11-20-19(26)29-12-14-4-2-1-3-5-14)21-16(18(24)25)10-13-6-8-15(9-7-13)22(27)28/h1-9,16H,10-12H2,(H,20,26)(H,21,23)(H,24,25)/t16-/m0/s1. The van der Waals surface area contributed by atoms with Crippen LogP contribution in [-0.2, 0) is 27.4 Å². The highest BCUT2D eigenvalue weighted by atomic mass is 16.6. The Morgan fingerprint density at radius 2 is 1.69 bits per heavy atom. The molecule has 0 heterocycles. The first-order chi connectivity index (χ1) is 13.8. The molecule has 0 fully saturated rings. The summed E-state index contributed by atoms with van der Waals surface area (Å²) in [5, 5.41) is 24.5. The molecule has 2 amide bonds. The number of aliphatic carboxylic acids is 1. The smallest absolute Gasteiger partial charge is 0.407 e. The number of carbonyl (C=O) groups excluding carboxylic acids is 2. The van der Waals surface area contributed by atoms with Crippen molar-refractivity contribution in [2.75, 3.05) is 6.54 Å². The van der Waals surface area contributed by atoms with Gasteiger partial charge >= 0.3 is 12.1 Å². The summed E-state index contributed by atoms with van der Waals surface area (Å²) >= 11 is 0. The minimum absolute atomic E-state index is 0.0339. The van der Waals surface area contributed by atoms with E-state index in [1.165, 1.54) is 24.3 Å². The maximum atomic E-state index is 11.9. The molecule has 0 aliphatic rings. The van der Waals surface area contributed by atoms with Crippen LogP contribution in [0.5, 0.6) is 0 Å². The predicted octanol–water partition coefficient (Wildman–Crippen LogP) is 1.63. The van der Waals surface area contributed by atoms with Gasteiger partial charge in [-0.05, 0) is 11.1 Å². The Morgan fingerprint density at radius 1 is 1.03 bits per heavy atom. The molecule has 152 valence electrons. The number of nitro groups is 1. The highest BCUT2D eigenvalue weighted by Gasteiger charge is 2.21. The lowest BCUT2D eigenvalue weighted by molar-refractivity contribution is -0.384. The number of non-ortho nitro benzene ring substituents is 1. The monoisotopic (exact) mass is 401 g/mol. The average molecular weight is 401 g/mol. The normalized spacial score (nSPS) is 11.2. The predicted molar refractivity (Wildman–Crippen MR) is 101 cm³/mol. The van der Waals surface area contributed by atoms with Crippen molar-refractivity contribution in [2.24, 2.45) is 0 Å². The lowest BCUT2D eigenvalue weighted by Gasteiger charge is -2.15. The number of nitrogens with zero attached hydrogens (tertiary/aromatic N) is 1. The molecule has 2 aromatic rings. The summed E-state index contributed by atoms with van der Waals surface area (Å²) < 4.78 is 4.96. The van der Waals surface area contributed by atoms with Crippen molar-refractivity contribution in [1.29, 1.82) is 0 Å². The van der Waals surface area contributed by atoms with Crippen LogP contribution in [0, 0.1) is 10.1 Å². The van der Waals surface area contributed by atoms with Crippen molar-refractivity contribution in [1.82, 2.24) is 10.6 Å². The molecule has 0 aromatic heterocycles. The Hall–Kier alpha value is -3.95. The van der Waals surface area contributed by atoms with E-state index in [1.807, 2.05) is 6.07 Å². The molecule has 2 aromatic carbocycles. The Bertz CT molecular complexity index is 869. The quantitative estimate of drug-likeness (QED) is 0.427. The molecule has 3 N–H and O–H groups in total. The summed E-state index contributed by atoms with van der Waals surface area (Å²) in [5.41, 5.74) is 1.16. The fraction of sp³-hybridized carbons (Fsp3) is 0.211. The Balaban J connectivity index is 1.80. The zero-order valence-electron chi connectivity index (χ0n) is 15.2. The molecule has 0 aliphatic carbocycles. The lowest BCUT2D eigenvalue weighted by Crippen LogP contribution is -2.46. The fourth-order valence-corrected chi connectivity index (χ4v) is 2.36. The lowest BCUT2D eigenvalue weighted by atomic mass is 10.1. The van der Waals surface area contributed by atoms with Gasteiger partial charge in [0.25, 0.3) is 5.69 Å². The highest BCUT2D eigenvalue weighted by molar-refractivity contribution is 5.86. The number of nitro benzene ring substituents is 1. The van der Waals surface area contributed by atoms with Crippen LogP contribution in [0.4, 0.5) is 10.5 Å². The largest absolute Gasteiger partial charge is 0.480 e. The Labute approximate surface area is 165 Å². The Kier molecular flexibility index (Phi) is 7.66. The minimum atomic E-state index is -1.27. The second kappa shape index (κ2) is 10.4. The number of amides is 2. The minimum Gasteiger partial charge on any atom is -0.480 e. The van der Waals surface area contributed by atoms with E-state index in [1.54, 1.807) is 24.3 Å². The summed E-state index contributed by atoms with van der Waals surface area (Å²) in [7, 11) is 0. The van der Waals surface area contributed by atoms with Gasteiger partial charge in [-0.3, -0.25) is 14.9 Å². The number of carbonyl (C=O) groups is 3. The molecule has 29 heavy (non-hydrogen) atoms. The molecular formula is C19H19N3O7. The molecule has 0 saturated heterocycles. The van der Waals surface area contributed by atoms with Gasteiger partial charge in [0.1, 0.15) is 19.2 Å². The number of carboxylic acid groups (broad SMARTS) is 1. The molecule has 10 nitrogen and oxygen atoms in total. The molecule has 0 aliphatic heterocycles. The second-order valence-electron chi connectivity index (χ2n) is 6.00. The number of rotatable bonds is 9. The van der Waals surface area contributed by atoms with Crippen molar-refractivity contribution >= 4 is 23.7 Å². The van der Waals surface area contributed by atoms with E-state index < -0.39 is 35.5 Å². The van der Waals surface area contributed by atoms with E-state index in [0.717, 1.165) is 5.56 Å². The van der Waals surface area contributed by atoms with E-state index >= 15 is 0 Å². The van der Waals surface area contributed by atoms with Crippen molar-refractivity contribution in [3.8, 4) is 0 Å². The van der Waals surface area contributed by atoms with Crippen LogP contribution in [0.1, 0.15) is 11.1 Å². The van der Waals surface area contributed by atoms with Crippen LogP contribution >= 0.6 is 0 Å². The molecule has 0 unspecified atom stereocenters. The van der Waals surface area contributed by atoms with Crippen LogP contribution in [0.2, 0.25) is 0 Å². The number of ether oxygens (including phenoxy) is 1. The molecule has 0 radical (unpaired) electrons. The van der Waals surface area contributed by atoms with Gasteiger partial charge in [-0.1, -0.05) is 42.5 Å². The highest BCUT2D eigenvalue weighted by Crippen LogP contribution is 2.13. The fourth-order valence-electron chi connectivity index (χ4n) is 2.36. The molecule has 0 bridgehead atoms. The molecule has 10 heteroatoms. The third-order valence-electron chi connectivity index (χ3n) is 3.83. The maximum Gasteiger partial charge on any atom is 0.407 e. The number of nitrogens with one attached hydrogen (secondary N) is 2. The van der Waals surface area contributed by atoms with Gasteiger partial charge in [-0.2, -0.15) is 0 Å². The summed E-state index contributed by atoms with van der Waals surface area (Å²) in [6.07, 6.45) is -0.886. The summed E-state index contributed by atoms with van der Waals surface area (Å²) in [4.78, 5) is 45.0. The first-order valence-electron chi connectivity index (χ1n) is 8.55. The van der Waals surface area contributed by atoms with E-state index in [2.05, 4.69) is 10.6 Å². The molecule has 0 spiro atoms. The van der Waals surface area contributed by atoms with Gasteiger partial charge in [0, 0.05) is 18.6 Å². The van der Waals surface area contributed by atoms with Gasteiger partial charge in [0.2, 0.25) is 5.91 Å². The van der Waals surface area contributed by atoms with Gasteiger partial charge in [0.15, 0.2) is 0 Å². The zero-order valence-corrected chi connectivity index (χ0v) is 15.2. The Morgan fingerprint density at radius 3 is 2.28 bits per heavy atom. The van der Waals surface area contributed by atoms with Gasteiger partial charge in [-0.25, -0.2) is 9.59 Å². The van der Waals surface area contributed by atoms with Crippen molar-refractivity contribution in [3.63, 3.8) is 0 Å². The number of benzene rings is 2. The van der Waals surface area contributed by atoms with Crippen LogP contribution in [-0.4, -0.2) is 40.6 Å². The molecule has 1 atom stereocenters. The van der Waals surface area contributed by atoms with Gasteiger partial charge in [0.05, 0.1) is 4.92 Å². The molecule has 2 rings (SSSR count). The van der Waals surface area contributed by atoms with Crippen LogP contribution in [0.25, 0.3) is 0 Å². The van der Waals surface area contributed by atoms with Crippen molar-refractivity contribution in [3.05, 3.63) is 75.8 Å². The van der Waals surface area contributed by atoms with Gasteiger partial charge in [-0.15, -0.1) is 0 Å². The number of hydrogen-bond acceptors (Lipinski definition) is 6. The van der Waals surface area contributed by atoms with Crippen LogP contribution in [0.3, 0.4) is 0 Å². The average Bonchev–Trinajstić information content (AvgIpc) is 2.71. The first-order valence-corrected chi connectivity index (χ1v) is 8.55. The third kappa shape index (κ3) is 7.29. The number of hydrogen-bond donors (Lipinski definition) is 3. The van der Waals surface area contributed by atoms with Crippen molar-refractivity contribution in [2.45, 2.75) is 19.1 Å². The zero-order chi connectivity index (χ0) is 21.2. The third-order valence-corrected chi connectivity index (χ3v) is 3.83.